The lowest BCUT2D eigenvalue weighted by molar-refractivity contribution is -0.141. The predicted molar refractivity (Wildman–Crippen MR) is 106 cm³/mol. The van der Waals surface area contributed by atoms with Gasteiger partial charge in [-0.15, -0.1) is 24.8 Å². The number of hydrogen-bond acceptors (Lipinski definition) is 3. The van der Waals surface area contributed by atoms with Crippen molar-refractivity contribution in [3.8, 4) is 0 Å². The van der Waals surface area contributed by atoms with Crippen molar-refractivity contribution in [3.05, 3.63) is 65.0 Å². The number of carbonyl (C=O) groups is 1. The number of aryl methyl sites for hydroxylation is 1. The van der Waals surface area contributed by atoms with Crippen molar-refractivity contribution in [1.29, 1.82) is 0 Å². The molecule has 3 rings (SSSR count). The van der Waals surface area contributed by atoms with Gasteiger partial charge in [0.05, 0.1) is 11.6 Å². The normalized spacial score (nSPS) is 16.7. The summed E-state index contributed by atoms with van der Waals surface area (Å²) in [5.41, 5.74) is 1.38. The molecule has 4 nitrogen and oxygen atoms in total. The molecule has 1 fully saturated rings. The van der Waals surface area contributed by atoms with E-state index in [1.54, 1.807) is 4.90 Å². The van der Waals surface area contributed by atoms with Gasteiger partial charge in [0.2, 0.25) is 0 Å². The summed E-state index contributed by atoms with van der Waals surface area (Å²) in [6.45, 7) is 3.80. The molecule has 0 aliphatic carbocycles. The third-order valence-corrected chi connectivity index (χ3v) is 4.58. The second kappa shape index (κ2) is 10.1. The van der Waals surface area contributed by atoms with Crippen molar-refractivity contribution >= 4 is 30.7 Å². The summed E-state index contributed by atoms with van der Waals surface area (Å²) in [4.78, 5) is 17.9. The minimum atomic E-state index is -4.51. The molecule has 1 unspecified atom stereocenters. The van der Waals surface area contributed by atoms with E-state index in [1.807, 2.05) is 24.3 Å². The van der Waals surface area contributed by atoms with Crippen molar-refractivity contribution in [1.82, 2.24) is 15.2 Å². The zero-order valence-electron chi connectivity index (χ0n) is 15.2. The SMILES string of the molecule is CCc1ccc(C2CNCCN2C(=O)c2ccc(C(F)(F)F)nc2)cc1.Cl.Cl. The molecule has 1 saturated heterocycles. The minimum absolute atomic E-state index is 0. The molecular weight excluding hydrogens is 414 g/mol. The van der Waals surface area contributed by atoms with E-state index in [9.17, 15) is 18.0 Å². The maximum absolute atomic E-state index is 12.8. The fraction of sp³-hybridized carbons (Fsp3) is 0.368. The van der Waals surface area contributed by atoms with Gasteiger partial charge in [0.15, 0.2) is 0 Å². The van der Waals surface area contributed by atoms with Crippen LogP contribution < -0.4 is 5.32 Å². The highest BCUT2D eigenvalue weighted by Crippen LogP contribution is 2.28. The number of hydrogen-bond donors (Lipinski definition) is 1. The molecule has 1 amide bonds. The first-order valence-electron chi connectivity index (χ1n) is 8.54. The molecule has 1 atom stereocenters. The topological polar surface area (TPSA) is 45.2 Å². The van der Waals surface area contributed by atoms with Gasteiger partial charge in [0.1, 0.15) is 5.69 Å². The Morgan fingerprint density at radius 1 is 1.18 bits per heavy atom. The first-order valence-corrected chi connectivity index (χ1v) is 8.54. The first kappa shape index (κ1) is 24.2. The van der Waals surface area contributed by atoms with Gasteiger partial charge in [-0.05, 0) is 29.7 Å². The molecule has 0 radical (unpaired) electrons. The monoisotopic (exact) mass is 435 g/mol. The summed E-state index contributed by atoms with van der Waals surface area (Å²) in [5.74, 6) is -0.308. The first-order chi connectivity index (χ1) is 12.4. The summed E-state index contributed by atoms with van der Waals surface area (Å²) in [7, 11) is 0. The Hall–Kier alpha value is -1.83. The summed E-state index contributed by atoms with van der Waals surface area (Å²) in [6, 6.07) is 9.95. The van der Waals surface area contributed by atoms with Crippen LogP contribution in [0, 0.1) is 0 Å². The van der Waals surface area contributed by atoms with Gasteiger partial charge in [-0.2, -0.15) is 13.2 Å². The summed E-state index contributed by atoms with van der Waals surface area (Å²) < 4.78 is 38.0. The second-order valence-corrected chi connectivity index (χ2v) is 6.24. The summed E-state index contributed by atoms with van der Waals surface area (Å²) in [6.07, 6.45) is -2.58. The minimum Gasteiger partial charge on any atom is -0.329 e. The van der Waals surface area contributed by atoms with Crippen molar-refractivity contribution in [2.75, 3.05) is 19.6 Å². The molecule has 1 aliphatic heterocycles. The van der Waals surface area contributed by atoms with Gasteiger partial charge < -0.3 is 10.2 Å². The Labute approximate surface area is 174 Å². The molecule has 1 aromatic carbocycles. The van der Waals surface area contributed by atoms with E-state index in [1.165, 1.54) is 11.6 Å². The number of amides is 1. The highest BCUT2D eigenvalue weighted by Gasteiger charge is 2.33. The van der Waals surface area contributed by atoms with Crippen molar-refractivity contribution in [2.45, 2.75) is 25.6 Å². The van der Waals surface area contributed by atoms with Gasteiger partial charge in [-0.1, -0.05) is 31.2 Å². The maximum Gasteiger partial charge on any atom is 0.433 e. The molecule has 0 bridgehead atoms. The highest BCUT2D eigenvalue weighted by molar-refractivity contribution is 5.94. The maximum atomic E-state index is 12.8. The van der Waals surface area contributed by atoms with Gasteiger partial charge in [0, 0.05) is 25.8 Å². The fourth-order valence-electron chi connectivity index (χ4n) is 3.07. The predicted octanol–water partition coefficient (Wildman–Crippen LogP) is 4.29. The zero-order valence-corrected chi connectivity index (χ0v) is 16.8. The Morgan fingerprint density at radius 3 is 2.39 bits per heavy atom. The van der Waals surface area contributed by atoms with Crippen LogP contribution in [0.4, 0.5) is 13.2 Å². The third-order valence-electron chi connectivity index (χ3n) is 4.58. The van der Waals surface area contributed by atoms with Gasteiger partial charge in [-0.3, -0.25) is 9.78 Å². The van der Waals surface area contributed by atoms with Crippen LogP contribution in [0.5, 0.6) is 0 Å². The zero-order chi connectivity index (χ0) is 18.7. The van der Waals surface area contributed by atoms with Gasteiger partial charge >= 0.3 is 6.18 Å². The van der Waals surface area contributed by atoms with Crippen LogP contribution in [0.25, 0.3) is 0 Å². The van der Waals surface area contributed by atoms with E-state index in [2.05, 4.69) is 17.2 Å². The lowest BCUT2D eigenvalue weighted by Crippen LogP contribution is -2.48. The van der Waals surface area contributed by atoms with E-state index in [4.69, 9.17) is 0 Å². The Kier molecular flexibility index (Phi) is 8.73. The Morgan fingerprint density at radius 2 is 1.86 bits per heavy atom. The van der Waals surface area contributed by atoms with Gasteiger partial charge in [0.25, 0.3) is 5.91 Å². The van der Waals surface area contributed by atoms with E-state index < -0.39 is 11.9 Å². The van der Waals surface area contributed by atoms with Crippen molar-refractivity contribution < 1.29 is 18.0 Å². The van der Waals surface area contributed by atoms with Crippen LogP contribution in [0.3, 0.4) is 0 Å². The summed E-state index contributed by atoms with van der Waals surface area (Å²) in [5, 5.41) is 3.27. The molecule has 154 valence electrons. The number of benzene rings is 1. The number of aromatic nitrogens is 1. The average molecular weight is 436 g/mol. The van der Waals surface area contributed by atoms with Crippen LogP contribution in [0.2, 0.25) is 0 Å². The quantitative estimate of drug-likeness (QED) is 0.781. The van der Waals surface area contributed by atoms with Crippen LogP contribution >= 0.6 is 24.8 Å². The largest absolute Gasteiger partial charge is 0.433 e. The number of piperazine rings is 1. The number of pyridine rings is 1. The third kappa shape index (κ3) is 5.37. The molecule has 2 heterocycles. The lowest BCUT2D eigenvalue weighted by atomic mass is 10.00. The molecule has 1 aromatic heterocycles. The van der Waals surface area contributed by atoms with Crippen LogP contribution in [-0.4, -0.2) is 35.4 Å². The van der Waals surface area contributed by atoms with Gasteiger partial charge in [-0.25, -0.2) is 0 Å². The molecule has 1 aliphatic rings. The number of rotatable bonds is 3. The van der Waals surface area contributed by atoms with E-state index in [0.717, 1.165) is 24.2 Å². The standard InChI is InChI=1S/C19H20F3N3O.2ClH/c1-2-13-3-5-14(6-4-13)16-12-23-9-10-25(16)18(26)15-7-8-17(24-11-15)19(20,21)22;;/h3-8,11,16,23H,2,9-10,12H2,1H3;2*1H. The van der Waals surface area contributed by atoms with E-state index in [0.29, 0.717) is 19.6 Å². The highest BCUT2D eigenvalue weighted by atomic mass is 35.5. The summed E-state index contributed by atoms with van der Waals surface area (Å²) >= 11 is 0. The Balaban J connectivity index is 0.00000196. The van der Waals surface area contributed by atoms with Crippen LogP contribution in [0.15, 0.2) is 42.6 Å². The second-order valence-electron chi connectivity index (χ2n) is 6.24. The van der Waals surface area contributed by atoms with E-state index >= 15 is 0 Å². The molecule has 9 heteroatoms. The molecule has 1 N–H and O–H groups in total. The average Bonchev–Trinajstić information content (AvgIpc) is 2.67. The molecule has 28 heavy (non-hydrogen) atoms. The van der Waals surface area contributed by atoms with Crippen molar-refractivity contribution in [2.24, 2.45) is 0 Å². The molecular formula is C19H22Cl2F3N3O. The van der Waals surface area contributed by atoms with Crippen molar-refractivity contribution in [3.63, 3.8) is 0 Å². The number of halogens is 5. The Bertz CT molecular complexity index is 767. The molecule has 2 aromatic rings. The molecule has 0 spiro atoms. The van der Waals surface area contributed by atoms with Crippen LogP contribution in [-0.2, 0) is 12.6 Å². The number of nitrogens with one attached hydrogen (secondary N) is 1. The van der Waals surface area contributed by atoms with E-state index in [-0.39, 0.29) is 42.3 Å². The number of nitrogens with zero attached hydrogens (tertiary/aromatic N) is 2. The smallest absolute Gasteiger partial charge is 0.329 e. The lowest BCUT2D eigenvalue weighted by Gasteiger charge is -2.36. The fourth-order valence-corrected chi connectivity index (χ4v) is 3.07. The van der Waals surface area contributed by atoms with Crippen LogP contribution in [0.1, 0.15) is 40.1 Å². The number of alkyl halides is 3. The number of carbonyl (C=O) groups excluding carboxylic acids is 1. The molecule has 0 saturated carbocycles.